The van der Waals surface area contributed by atoms with Crippen molar-refractivity contribution in [2.24, 2.45) is 0 Å². The van der Waals surface area contributed by atoms with Gasteiger partial charge in [0.1, 0.15) is 0 Å². The number of sulfonamides is 1. The largest absolute Gasteiger partial charge is 0.478 e. The first kappa shape index (κ1) is 17.2. The zero-order valence-electron chi connectivity index (χ0n) is 10.9. The Morgan fingerprint density at radius 2 is 1.95 bits per heavy atom. The number of carboxylic acids is 1. The SMILES string of the molecule is CN(CCC(F)(F)F)S(=O)(=O)c1ccc(N)cc1C(=O)O. The van der Waals surface area contributed by atoms with Crippen LogP contribution in [0.2, 0.25) is 0 Å². The molecule has 1 aromatic rings. The molecule has 0 unspecified atom stereocenters. The average molecular weight is 326 g/mol. The number of rotatable bonds is 5. The Bertz CT molecular complexity index is 643. The minimum Gasteiger partial charge on any atom is -0.478 e. The maximum absolute atomic E-state index is 12.1. The number of hydrogen-bond donors (Lipinski definition) is 2. The van der Waals surface area contributed by atoms with E-state index in [0.717, 1.165) is 25.2 Å². The van der Waals surface area contributed by atoms with Crippen molar-refractivity contribution >= 4 is 21.7 Å². The van der Waals surface area contributed by atoms with E-state index in [4.69, 9.17) is 10.8 Å². The van der Waals surface area contributed by atoms with E-state index in [1.165, 1.54) is 0 Å². The summed E-state index contributed by atoms with van der Waals surface area (Å²) < 4.78 is 61.1. The molecule has 0 aliphatic rings. The number of hydrogen-bond acceptors (Lipinski definition) is 4. The van der Waals surface area contributed by atoms with Crippen LogP contribution in [-0.4, -0.2) is 43.6 Å². The van der Waals surface area contributed by atoms with Crippen molar-refractivity contribution < 1.29 is 31.5 Å². The molecular formula is C11H13F3N2O4S. The van der Waals surface area contributed by atoms with Gasteiger partial charge in [-0.1, -0.05) is 0 Å². The van der Waals surface area contributed by atoms with Crippen molar-refractivity contribution in [2.45, 2.75) is 17.5 Å². The molecule has 0 spiro atoms. The van der Waals surface area contributed by atoms with Crippen molar-refractivity contribution in [1.29, 1.82) is 0 Å². The summed E-state index contributed by atoms with van der Waals surface area (Å²) in [4.78, 5) is 10.4. The fraction of sp³-hybridized carbons (Fsp3) is 0.364. The van der Waals surface area contributed by atoms with Crippen LogP contribution in [0.15, 0.2) is 23.1 Å². The summed E-state index contributed by atoms with van der Waals surface area (Å²) in [5.74, 6) is -1.54. The van der Waals surface area contributed by atoms with Gasteiger partial charge >= 0.3 is 12.1 Å². The molecule has 10 heteroatoms. The maximum Gasteiger partial charge on any atom is 0.390 e. The molecule has 0 aliphatic carbocycles. The summed E-state index contributed by atoms with van der Waals surface area (Å²) in [6, 6.07) is 3.06. The number of nitrogens with zero attached hydrogens (tertiary/aromatic N) is 1. The van der Waals surface area contributed by atoms with E-state index in [0.29, 0.717) is 4.31 Å². The Kier molecular flexibility index (Phi) is 4.84. The Hall–Kier alpha value is -1.81. The van der Waals surface area contributed by atoms with Gasteiger partial charge in [0.25, 0.3) is 0 Å². The third-order valence-electron chi connectivity index (χ3n) is 2.63. The topological polar surface area (TPSA) is 101 Å². The van der Waals surface area contributed by atoms with Gasteiger partial charge in [-0.3, -0.25) is 0 Å². The van der Waals surface area contributed by atoms with Crippen LogP contribution < -0.4 is 5.73 Å². The van der Waals surface area contributed by atoms with Gasteiger partial charge in [0.2, 0.25) is 10.0 Å². The minimum absolute atomic E-state index is 0.0318. The molecule has 1 rings (SSSR count). The van der Waals surface area contributed by atoms with E-state index >= 15 is 0 Å². The summed E-state index contributed by atoms with van der Waals surface area (Å²) in [5.41, 5.74) is 4.82. The van der Waals surface area contributed by atoms with Crippen molar-refractivity contribution in [3.8, 4) is 0 Å². The molecular weight excluding hydrogens is 313 g/mol. The number of alkyl halides is 3. The van der Waals surface area contributed by atoms with Crippen LogP contribution in [0.1, 0.15) is 16.8 Å². The molecule has 0 aliphatic heterocycles. The van der Waals surface area contributed by atoms with Crippen LogP contribution in [0, 0.1) is 0 Å². The Morgan fingerprint density at radius 1 is 1.38 bits per heavy atom. The van der Waals surface area contributed by atoms with Crippen molar-refractivity contribution in [3.63, 3.8) is 0 Å². The molecule has 0 heterocycles. The number of carbonyl (C=O) groups is 1. The molecule has 0 radical (unpaired) electrons. The molecule has 1 aromatic carbocycles. The lowest BCUT2D eigenvalue weighted by Crippen LogP contribution is -2.31. The van der Waals surface area contributed by atoms with E-state index in [-0.39, 0.29) is 5.69 Å². The van der Waals surface area contributed by atoms with Crippen LogP contribution in [0.5, 0.6) is 0 Å². The quantitative estimate of drug-likeness (QED) is 0.799. The standard InChI is InChI=1S/C11H13F3N2O4S/c1-16(5-4-11(12,13)14)21(19,20)9-3-2-7(15)6-8(9)10(17)18/h2-3,6H,4-5,15H2,1H3,(H,17,18). The second-order valence-electron chi connectivity index (χ2n) is 4.25. The Balaban J connectivity index is 3.16. The fourth-order valence-corrected chi connectivity index (χ4v) is 2.84. The summed E-state index contributed by atoms with van der Waals surface area (Å²) >= 11 is 0. The first-order valence-corrected chi connectivity index (χ1v) is 7.05. The molecule has 0 atom stereocenters. The van der Waals surface area contributed by atoms with Crippen LogP contribution >= 0.6 is 0 Å². The van der Waals surface area contributed by atoms with E-state index in [2.05, 4.69) is 0 Å². The van der Waals surface area contributed by atoms with Crippen molar-refractivity contribution in [1.82, 2.24) is 4.31 Å². The predicted octanol–water partition coefficient (Wildman–Crippen LogP) is 1.54. The highest BCUT2D eigenvalue weighted by molar-refractivity contribution is 7.89. The van der Waals surface area contributed by atoms with Gasteiger partial charge in [-0.2, -0.15) is 13.2 Å². The lowest BCUT2D eigenvalue weighted by Gasteiger charge is -2.19. The normalized spacial score (nSPS) is 12.6. The van der Waals surface area contributed by atoms with Gasteiger partial charge in [0, 0.05) is 19.3 Å². The lowest BCUT2D eigenvalue weighted by atomic mass is 10.2. The highest BCUT2D eigenvalue weighted by Crippen LogP contribution is 2.24. The van der Waals surface area contributed by atoms with Crippen LogP contribution in [0.25, 0.3) is 0 Å². The molecule has 0 saturated carbocycles. The van der Waals surface area contributed by atoms with Gasteiger partial charge in [0.05, 0.1) is 16.9 Å². The number of nitrogens with two attached hydrogens (primary N) is 1. The van der Waals surface area contributed by atoms with Crippen LogP contribution in [0.4, 0.5) is 18.9 Å². The number of carboxylic acid groups (broad SMARTS) is 1. The Morgan fingerprint density at radius 3 is 2.43 bits per heavy atom. The van der Waals surface area contributed by atoms with E-state index in [9.17, 15) is 26.4 Å². The first-order chi connectivity index (χ1) is 9.45. The summed E-state index contributed by atoms with van der Waals surface area (Å²) in [6.45, 7) is -0.810. The summed E-state index contributed by atoms with van der Waals surface area (Å²) in [5, 5.41) is 8.98. The number of nitrogen functional groups attached to an aromatic ring is 1. The zero-order chi connectivity index (χ0) is 16.4. The van der Waals surface area contributed by atoms with Gasteiger partial charge in [-0.15, -0.1) is 0 Å². The van der Waals surface area contributed by atoms with Gasteiger partial charge in [0.15, 0.2) is 0 Å². The zero-order valence-corrected chi connectivity index (χ0v) is 11.7. The molecule has 0 saturated heterocycles. The molecule has 0 fully saturated rings. The monoisotopic (exact) mass is 326 g/mol. The van der Waals surface area contributed by atoms with Crippen molar-refractivity contribution in [2.75, 3.05) is 19.3 Å². The average Bonchev–Trinajstić information content (AvgIpc) is 2.34. The summed E-state index contributed by atoms with van der Waals surface area (Å²) in [7, 11) is -3.41. The third kappa shape index (κ3) is 4.33. The highest BCUT2D eigenvalue weighted by Gasteiger charge is 2.32. The summed E-state index contributed by atoms with van der Waals surface area (Å²) in [6.07, 6.45) is -5.85. The van der Waals surface area contributed by atoms with E-state index in [1.807, 2.05) is 0 Å². The first-order valence-electron chi connectivity index (χ1n) is 5.61. The molecule has 3 N–H and O–H groups in total. The van der Waals surface area contributed by atoms with Crippen molar-refractivity contribution in [3.05, 3.63) is 23.8 Å². The second kappa shape index (κ2) is 5.90. The lowest BCUT2D eigenvalue weighted by molar-refractivity contribution is -0.135. The number of benzene rings is 1. The number of aromatic carboxylic acids is 1. The van der Waals surface area contributed by atoms with Gasteiger partial charge in [-0.25, -0.2) is 17.5 Å². The van der Waals surface area contributed by atoms with Crippen LogP contribution in [0.3, 0.4) is 0 Å². The van der Waals surface area contributed by atoms with E-state index in [1.54, 1.807) is 0 Å². The minimum atomic E-state index is -4.51. The smallest absolute Gasteiger partial charge is 0.390 e. The highest BCUT2D eigenvalue weighted by atomic mass is 32.2. The Labute approximate surface area is 119 Å². The number of anilines is 1. The molecule has 0 amide bonds. The number of halogens is 3. The fourth-order valence-electron chi connectivity index (χ4n) is 1.51. The molecule has 118 valence electrons. The second-order valence-corrected chi connectivity index (χ2v) is 6.27. The molecule has 0 aromatic heterocycles. The van der Waals surface area contributed by atoms with Gasteiger partial charge in [-0.05, 0) is 18.2 Å². The van der Waals surface area contributed by atoms with Gasteiger partial charge < -0.3 is 10.8 Å². The molecule has 0 bridgehead atoms. The molecule has 21 heavy (non-hydrogen) atoms. The maximum atomic E-state index is 12.1. The molecule has 6 nitrogen and oxygen atoms in total. The van der Waals surface area contributed by atoms with Crippen LogP contribution in [-0.2, 0) is 10.0 Å². The third-order valence-corrected chi connectivity index (χ3v) is 4.55. The predicted molar refractivity (Wildman–Crippen MR) is 68.3 cm³/mol. The van der Waals surface area contributed by atoms with E-state index < -0.39 is 45.6 Å².